The van der Waals surface area contributed by atoms with Crippen LogP contribution < -0.4 is 0 Å². The summed E-state index contributed by atoms with van der Waals surface area (Å²) in [5, 5.41) is 0. The van der Waals surface area contributed by atoms with Gasteiger partial charge in [0.05, 0.1) is 0 Å². The molecule has 1 rings (SSSR count). The Morgan fingerprint density at radius 3 is 1.88 bits per heavy atom. The summed E-state index contributed by atoms with van der Waals surface area (Å²) in [6.07, 6.45) is 14.9. The lowest BCUT2D eigenvalue weighted by Gasteiger charge is -2.16. The van der Waals surface area contributed by atoms with Crippen LogP contribution in [0, 0.1) is 5.92 Å². The Balaban J connectivity index is 0. The Hall–Kier alpha value is -2.08. The van der Waals surface area contributed by atoms with E-state index >= 15 is 0 Å². The molecular formula is C24H36. The van der Waals surface area contributed by atoms with Crippen molar-refractivity contribution in [2.24, 2.45) is 5.92 Å². The van der Waals surface area contributed by atoms with Crippen LogP contribution in [0.25, 0.3) is 0 Å². The highest BCUT2D eigenvalue weighted by Gasteiger charge is 2.29. The van der Waals surface area contributed by atoms with Crippen LogP contribution in [0.3, 0.4) is 0 Å². The van der Waals surface area contributed by atoms with Crippen molar-refractivity contribution in [2.45, 2.75) is 48.0 Å². The maximum Gasteiger partial charge on any atom is 0.0281 e. The van der Waals surface area contributed by atoms with Gasteiger partial charge in [-0.3, -0.25) is 0 Å². The van der Waals surface area contributed by atoms with E-state index < -0.39 is 0 Å². The number of hydrogen-bond donors (Lipinski definition) is 0. The number of hydrogen-bond acceptors (Lipinski definition) is 0. The molecule has 0 N–H and O–H groups in total. The van der Waals surface area contributed by atoms with Gasteiger partial charge in [0.15, 0.2) is 0 Å². The predicted molar refractivity (Wildman–Crippen MR) is 114 cm³/mol. The maximum absolute atomic E-state index is 4.00. The third-order valence-corrected chi connectivity index (χ3v) is 3.67. The Labute approximate surface area is 151 Å². The van der Waals surface area contributed by atoms with E-state index in [1.54, 1.807) is 6.08 Å². The van der Waals surface area contributed by atoms with Crippen molar-refractivity contribution >= 4 is 0 Å². The smallest absolute Gasteiger partial charge is 0.0281 e. The maximum atomic E-state index is 4.00. The van der Waals surface area contributed by atoms with Crippen LogP contribution in [0.4, 0.5) is 0 Å². The molecule has 0 spiro atoms. The molecule has 1 atom stereocenters. The number of rotatable bonds is 7. The lowest BCUT2D eigenvalue weighted by atomic mass is 9.88. The third-order valence-electron chi connectivity index (χ3n) is 3.67. The minimum Gasteiger partial charge on any atom is -0.102 e. The van der Waals surface area contributed by atoms with Crippen molar-refractivity contribution in [3.63, 3.8) is 0 Å². The lowest BCUT2D eigenvalue weighted by molar-refractivity contribution is 0.920. The summed E-state index contributed by atoms with van der Waals surface area (Å²) >= 11 is 0. The lowest BCUT2D eigenvalue weighted by Crippen LogP contribution is -2.02. The molecule has 0 aromatic heterocycles. The zero-order valence-electron chi connectivity index (χ0n) is 16.7. The van der Waals surface area contributed by atoms with Crippen LogP contribution in [0.1, 0.15) is 48.0 Å². The second kappa shape index (κ2) is 14.5. The minimum atomic E-state index is 0.191. The summed E-state index contributed by atoms with van der Waals surface area (Å²) in [7, 11) is 0. The molecule has 0 saturated carbocycles. The summed E-state index contributed by atoms with van der Waals surface area (Å²) in [6, 6.07) is 0. The van der Waals surface area contributed by atoms with Crippen LogP contribution in [-0.4, -0.2) is 0 Å². The van der Waals surface area contributed by atoms with Crippen molar-refractivity contribution in [2.75, 3.05) is 0 Å². The Kier molecular flexibility index (Phi) is 14.6. The van der Waals surface area contributed by atoms with Gasteiger partial charge in [-0.1, -0.05) is 96.9 Å². The van der Waals surface area contributed by atoms with Gasteiger partial charge >= 0.3 is 0 Å². The summed E-state index contributed by atoms with van der Waals surface area (Å²) < 4.78 is 0. The molecule has 132 valence electrons. The van der Waals surface area contributed by atoms with Gasteiger partial charge in [-0.05, 0) is 41.2 Å². The second-order valence-corrected chi connectivity index (χ2v) is 4.58. The normalized spacial score (nSPS) is 16.9. The zero-order valence-corrected chi connectivity index (χ0v) is 16.7. The monoisotopic (exact) mass is 324 g/mol. The van der Waals surface area contributed by atoms with Gasteiger partial charge in [0.25, 0.3) is 0 Å². The topological polar surface area (TPSA) is 0 Å². The molecule has 0 bridgehead atoms. The van der Waals surface area contributed by atoms with Crippen LogP contribution in [-0.2, 0) is 0 Å². The van der Waals surface area contributed by atoms with Gasteiger partial charge in [-0.15, -0.1) is 6.58 Å². The molecule has 1 aliphatic carbocycles. The van der Waals surface area contributed by atoms with Gasteiger partial charge in [-0.2, -0.15) is 0 Å². The SMILES string of the molecule is C=C/C=C\C1=C(C(=C\C)/CC)C(C=C)C(C=C)=C1C=C.CC.CC. The molecule has 0 amide bonds. The summed E-state index contributed by atoms with van der Waals surface area (Å²) in [6.45, 7) is 27.9. The van der Waals surface area contributed by atoms with E-state index in [0.717, 1.165) is 12.0 Å². The first-order valence-electron chi connectivity index (χ1n) is 9.00. The Bertz CT molecular complexity index is 545. The quantitative estimate of drug-likeness (QED) is 0.329. The second-order valence-electron chi connectivity index (χ2n) is 4.58. The van der Waals surface area contributed by atoms with Crippen LogP contribution in [0.15, 0.2) is 96.7 Å². The molecule has 0 aliphatic heterocycles. The van der Waals surface area contributed by atoms with Crippen molar-refractivity contribution in [3.05, 3.63) is 96.7 Å². The highest BCUT2D eigenvalue weighted by molar-refractivity contribution is 5.67. The molecule has 0 radical (unpaired) electrons. The average molecular weight is 325 g/mol. The van der Waals surface area contributed by atoms with E-state index in [4.69, 9.17) is 0 Å². The largest absolute Gasteiger partial charge is 0.102 e. The first-order chi connectivity index (χ1) is 11.7. The molecule has 0 heteroatoms. The zero-order chi connectivity index (χ0) is 19.1. The fourth-order valence-corrected chi connectivity index (χ4v) is 2.77. The van der Waals surface area contributed by atoms with E-state index in [1.807, 2.05) is 52.0 Å². The minimum absolute atomic E-state index is 0.191. The fourth-order valence-electron chi connectivity index (χ4n) is 2.77. The summed E-state index contributed by atoms with van der Waals surface area (Å²) in [5.41, 5.74) is 6.18. The molecule has 0 saturated heterocycles. The van der Waals surface area contributed by atoms with Gasteiger partial charge < -0.3 is 0 Å². The highest BCUT2D eigenvalue weighted by Crippen LogP contribution is 2.44. The first-order valence-corrected chi connectivity index (χ1v) is 9.00. The molecule has 0 heterocycles. The molecule has 1 unspecified atom stereocenters. The molecule has 1 aliphatic rings. The van der Waals surface area contributed by atoms with Gasteiger partial charge in [-0.25, -0.2) is 0 Å². The van der Waals surface area contributed by atoms with Gasteiger partial charge in [0.2, 0.25) is 0 Å². The summed E-state index contributed by atoms with van der Waals surface area (Å²) in [5.74, 6) is 0.191. The van der Waals surface area contributed by atoms with Crippen molar-refractivity contribution in [3.8, 4) is 0 Å². The highest BCUT2D eigenvalue weighted by atomic mass is 14.3. The molecule has 0 nitrogen and oxygen atoms in total. The van der Waals surface area contributed by atoms with Crippen LogP contribution in [0.5, 0.6) is 0 Å². The van der Waals surface area contributed by atoms with Gasteiger partial charge in [0, 0.05) is 5.92 Å². The molecular weight excluding hydrogens is 288 g/mol. The van der Waals surface area contributed by atoms with Crippen molar-refractivity contribution in [1.82, 2.24) is 0 Å². The van der Waals surface area contributed by atoms with E-state index in [0.29, 0.717) is 0 Å². The van der Waals surface area contributed by atoms with E-state index in [1.165, 1.54) is 22.3 Å². The number of allylic oxidation sites excluding steroid dienone is 12. The van der Waals surface area contributed by atoms with E-state index in [-0.39, 0.29) is 5.92 Å². The van der Waals surface area contributed by atoms with Gasteiger partial charge in [0.1, 0.15) is 0 Å². The fraction of sp³-hybridized carbons (Fsp3) is 0.333. The van der Waals surface area contributed by atoms with Crippen LogP contribution in [0.2, 0.25) is 0 Å². The van der Waals surface area contributed by atoms with E-state index in [9.17, 15) is 0 Å². The van der Waals surface area contributed by atoms with Crippen molar-refractivity contribution < 1.29 is 0 Å². The molecule has 0 fully saturated rings. The van der Waals surface area contributed by atoms with Crippen molar-refractivity contribution in [1.29, 1.82) is 0 Å². The molecule has 24 heavy (non-hydrogen) atoms. The average Bonchev–Trinajstić information content (AvgIpc) is 2.96. The Morgan fingerprint density at radius 2 is 1.54 bits per heavy atom. The first kappa shape index (κ1) is 24.2. The standard InChI is InChI=1S/C20H24.2C2H6/c1-7-13-14-19-17(11-5)16(10-4)18(12-6)20(19)15(8-2)9-3;2*1-2/h7-8,10-14,18H,1,4-6,9H2,2-3H3;2*1-2H3/b14-13-,15-8-;;. The molecule has 0 aromatic rings. The Morgan fingerprint density at radius 1 is 0.958 bits per heavy atom. The van der Waals surface area contributed by atoms with E-state index in [2.05, 4.69) is 52.3 Å². The molecule has 0 aromatic carbocycles. The van der Waals surface area contributed by atoms with Crippen LogP contribution >= 0.6 is 0 Å². The predicted octanol–water partition coefficient (Wildman–Crippen LogP) is 7.92. The third kappa shape index (κ3) is 5.53. The summed E-state index contributed by atoms with van der Waals surface area (Å²) in [4.78, 5) is 0.